The first-order valence-corrected chi connectivity index (χ1v) is 8.42. The number of nitrogens with zero attached hydrogens (tertiary/aromatic N) is 1. The standard InChI is InChI=1S/C19H22FNO3/c1-13-7-8-21(9-15(13)11-24-12-22)10-17-16(3-2-4-18(17)20)19(23)14-5-6-14/h2-4,11-14H,5-10H2,1H3/b15-11-. The molecule has 128 valence electrons. The minimum Gasteiger partial charge on any atom is -0.437 e. The summed E-state index contributed by atoms with van der Waals surface area (Å²) in [4.78, 5) is 24.9. The molecule has 1 aliphatic heterocycles. The lowest BCUT2D eigenvalue weighted by atomic mass is 9.93. The SMILES string of the molecule is CC1CCN(Cc2c(F)cccc2C(=O)C2CC2)C/C1=C/OC=O. The first kappa shape index (κ1) is 16.8. The largest absolute Gasteiger partial charge is 0.437 e. The minimum atomic E-state index is -0.324. The zero-order valence-corrected chi connectivity index (χ0v) is 13.8. The quantitative estimate of drug-likeness (QED) is 0.456. The Morgan fingerprint density at radius 2 is 2.17 bits per heavy atom. The van der Waals surface area contributed by atoms with Gasteiger partial charge in [0.05, 0.1) is 6.26 Å². The van der Waals surface area contributed by atoms with Gasteiger partial charge in [0.1, 0.15) is 5.82 Å². The fourth-order valence-corrected chi connectivity index (χ4v) is 3.20. The van der Waals surface area contributed by atoms with E-state index in [0.717, 1.165) is 31.4 Å². The maximum Gasteiger partial charge on any atom is 0.297 e. The maximum absolute atomic E-state index is 14.4. The van der Waals surface area contributed by atoms with Gasteiger partial charge in [0.2, 0.25) is 0 Å². The monoisotopic (exact) mass is 331 g/mol. The number of Topliss-reactive ketones (excluding diaryl/α,β-unsaturated/α-hetero) is 1. The summed E-state index contributed by atoms with van der Waals surface area (Å²) in [5, 5.41) is 0. The highest BCUT2D eigenvalue weighted by atomic mass is 19.1. The molecule has 0 spiro atoms. The molecule has 1 aromatic rings. The van der Waals surface area contributed by atoms with E-state index in [2.05, 4.69) is 11.8 Å². The molecule has 2 fully saturated rings. The molecule has 5 heteroatoms. The fourth-order valence-electron chi connectivity index (χ4n) is 3.20. The number of benzene rings is 1. The van der Waals surface area contributed by atoms with Gasteiger partial charge in [-0.3, -0.25) is 14.5 Å². The number of ketones is 1. The van der Waals surface area contributed by atoms with Gasteiger partial charge in [0.25, 0.3) is 6.47 Å². The molecule has 2 aliphatic rings. The van der Waals surface area contributed by atoms with Gasteiger partial charge in [0, 0.05) is 30.1 Å². The number of likely N-dealkylation sites (tertiary alicyclic amines) is 1. The molecule has 1 aromatic carbocycles. The van der Waals surface area contributed by atoms with E-state index in [9.17, 15) is 14.0 Å². The molecule has 1 saturated heterocycles. The molecule has 1 atom stereocenters. The van der Waals surface area contributed by atoms with Gasteiger partial charge in [0.15, 0.2) is 5.78 Å². The minimum absolute atomic E-state index is 0.0648. The van der Waals surface area contributed by atoms with Gasteiger partial charge in [-0.2, -0.15) is 0 Å². The lowest BCUT2D eigenvalue weighted by Crippen LogP contribution is -2.35. The first-order valence-electron chi connectivity index (χ1n) is 8.42. The average molecular weight is 331 g/mol. The zero-order chi connectivity index (χ0) is 17.1. The van der Waals surface area contributed by atoms with Crippen molar-refractivity contribution >= 4 is 12.3 Å². The molecule has 0 N–H and O–H groups in total. The third kappa shape index (κ3) is 3.73. The van der Waals surface area contributed by atoms with Crippen molar-refractivity contribution in [1.29, 1.82) is 0 Å². The Bertz CT molecular complexity index is 667. The van der Waals surface area contributed by atoms with Crippen molar-refractivity contribution in [2.75, 3.05) is 13.1 Å². The Kier molecular flexibility index (Phi) is 5.09. The Balaban J connectivity index is 1.78. The molecule has 3 rings (SSSR count). The number of piperidine rings is 1. The lowest BCUT2D eigenvalue weighted by Gasteiger charge is -2.32. The summed E-state index contributed by atoms with van der Waals surface area (Å²) in [7, 11) is 0. The second-order valence-corrected chi connectivity index (χ2v) is 6.73. The zero-order valence-electron chi connectivity index (χ0n) is 13.8. The van der Waals surface area contributed by atoms with Gasteiger partial charge < -0.3 is 4.74 Å². The summed E-state index contributed by atoms with van der Waals surface area (Å²) < 4.78 is 19.1. The van der Waals surface area contributed by atoms with Gasteiger partial charge in [-0.15, -0.1) is 0 Å². The molecule has 0 radical (unpaired) electrons. The summed E-state index contributed by atoms with van der Waals surface area (Å²) in [6.45, 7) is 4.32. The highest BCUT2D eigenvalue weighted by molar-refractivity contribution is 6.00. The summed E-state index contributed by atoms with van der Waals surface area (Å²) in [6.07, 6.45) is 4.22. The second kappa shape index (κ2) is 7.26. The summed E-state index contributed by atoms with van der Waals surface area (Å²) in [5.41, 5.74) is 2.02. The van der Waals surface area contributed by atoms with Crippen LogP contribution in [0.5, 0.6) is 0 Å². The average Bonchev–Trinajstić information content (AvgIpc) is 3.41. The third-order valence-electron chi connectivity index (χ3n) is 4.91. The van der Waals surface area contributed by atoms with E-state index in [0.29, 0.717) is 36.6 Å². The van der Waals surface area contributed by atoms with E-state index in [1.807, 2.05) is 0 Å². The molecule has 4 nitrogen and oxygen atoms in total. The van der Waals surface area contributed by atoms with E-state index in [1.54, 1.807) is 12.1 Å². The number of hydrogen-bond acceptors (Lipinski definition) is 4. The van der Waals surface area contributed by atoms with E-state index < -0.39 is 0 Å². The number of hydrogen-bond donors (Lipinski definition) is 0. The predicted molar refractivity (Wildman–Crippen MR) is 87.7 cm³/mol. The van der Waals surface area contributed by atoms with Crippen LogP contribution in [0.25, 0.3) is 0 Å². The fraction of sp³-hybridized carbons (Fsp3) is 0.474. The summed E-state index contributed by atoms with van der Waals surface area (Å²) in [6, 6.07) is 4.76. The van der Waals surface area contributed by atoms with E-state index in [-0.39, 0.29) is 17.5 Å². The molecule has 0 bridgehead atoms. The van der Waals surface area contributed by atoms with Crippen molar-refractivity contribution in [3.63, 3.8) is 0 Å². The molecule has 0 aromatic heterocycles. The molecule has 0 amide bonds. The first-order chi connectivity index (χ1) is 11.6. The van der Waals surface area contributed by atoms with E-state index in [1.165, 1.54) is 12.3 Å². The van der Waals surface area contributed by atoms with Crippen LogP contribution in [0.3, 0.4) is 0 Å². The van der Waals surface area contributed by atoms with Crippen molar-refractivity contribution in [1.82, 2.24) is 4.90 Å². The second-order valence-electron chi connectivity index (χ2n) is 6.73. The molecule has 1 saturated carbocycles. The van der Waals surface area contributed by atoms with Crippen molar-refractivity contribution < 1.29 is 18.7 Å². The molecule has 1 aliphatic carbocycles. The smallest absolute Gasteiger partial charge is 0.297 e. The van der Waals surface area contributed by atoms with Crippen LogP contribution in [0.1, 0.15) is 42.1 Å². The van der Waals surface area contributed by atoms with Crippen molar-refractivity contribution in [3.8, 4) is 0 Å². The summed E-state index contributed by atoms with van der Waals surface area (Å²) >= 11 is 0. The topological polar surface area (TPSA) is 46.6 Å². The van der Waals surface area contributed by atoms with Crippen molar-refractivity contribution in [2.45, 2.75) is 32.7 Å². The van der Waals surface area contributed by atoms with Gasteiger partial charge in [-0.1, -0.05) is 19.1 Å². The number of halogens is 1. The van der Waals surface area contributed by atoms with Crippen LogP contribution in [0, 0.1) is 17.7 Å². The van der Waals surface area contributed by atoms with E-state index in [4.69, 9.17) is 4.74 Å². The van der Waals surface area contributed by atoms with Crippen molar-refractivity contribution in [3.05, 3.63) is 47.0 Å². The van der Waals surface area contributed by atoms with Crippen LogP contribution in [0.2, 0.25) is 0 Å². The van der Waals surface area contributed by atoms with Crippen LogP contribution in [0.4, 0.5) is 4.39 Å². The van der Waals surface area contributed by atoms with Crippen LogP contribution < -0.4 is 0 Å². The van der Waals surface area contributed by atoms with Crippen LogP contribution >= 0.6 is 0 Å². The highest BCUT2D eigenvalue weighted by Crippen LogP contribution is 2.34. The number of carbonyl (C=O) groups is 2. The third-order valence-corrected chi connectivity index (χ3v) is 4.91. The predicted octanol–water partition coefficient (Wildman–Crippen LogP) is 3.32. The summed E-state index contributed by atoms with van der Waals surface area (Å²) in [5.74, 6) is 0.141. The highest BCUT2D eigenvalue weighted by Gasteiger charge is 2.33. The Morgan fingerprint density at radius 3 is 2.88 bits per heavy atom. The van der Waals surface area contributed by atoms with Gasteiger partial charge in [-0.05, 0) is 43.4 Å². The molecular weight excluding hydrogens is 309 g/mol. The normalized spacial score (nSPS) is 23.2. The van der Waals surface area contributed by atoms with Gasteiger partial charge >= 0.3 is 0 Å². The van der Waals surface area contributed by atoms with Crippen molar-refractivity contribution in [2.24, 2.45) is 11.8 Å². The molecule has 1 heterocycles. The number of rotatable bonds is 6. The molecule has 1 unspecified atom stereocenters. The van der Waals surface area contributed by atoms with Crippen LogP contribution in [-0.2, 0) is 16.1 Å². The number of ether oxygens (including phenoxy) is 1. The van der Waals surface area contributed by atoms with Crippen LogP contribution in [0.15, 0.2) is 30.0 Å². The lowest BCUT2D eigenvalue weighted by molar-refractivity contribution is -0.123. The van der Waals surface area contributed by atoms with Crippen LogP contribution in [-0.4, -0.2) is 30.2 Å². The Morgan fingerprint density at radius 1 is 1.38 bits per heavy atom. The van der Waals surface area contributed by atoms with Gasteiger partial charge in [-0.25, -0.2) is 4.39 Å². The van der Waals surface area contributed by atoms with E-state index >= 15 is 0 Å². The number of carbonyl (C=O) groups excluding carboxylic acids is 2. The Hall–Kier alpha value is -2.01. The molecular formula is C19H22FNO3. The molecule has 24 heavy (non-hydrogen) atoms. The Labute approximate surface area is 141 Å². The maximum atomic E-state index is 14.4.